The summed E-state index contributed by atoms with van der Waals surface area (Å²) in [5.41, 5.74) is -2.00. The fraction of sp³-hybridized carbons (Fsp3) is 0.417. The maximum atomic E-state index is 11.9. The number of rotatable bonds is 4. The summed E-state index contributed by atoms with van der Waals surface area (Å²) in [6.07, 6.45) is 1.33. The van der Waals surface area contributed by atoms with E-state index in [2.05, 4.69) is 4.98 Å². The van der Waals surface area contributed by atoms with Crippen molar-refractivity contribution in [2.45, 2.75) is 26.2 Å². The van der Waals surface area contributed by atoms with Gasteiger partial charge in [0.2, 0.25) is 0 Å². The fourth-order valence-electron chi connectivity index (χ4n) is 1.62. The number of hydrogen-bond donors (Lipinski definition) is 0. The minimum Gasteiger partial charge on any atom is -0.465 e. The van der Waals surface area contributed by atoms with Gasteiger partial charge in [-0.2, -0.15) is 5.26 Å². The first-order valence-corrected chi connectivity index (χ1v) is 5.57. The molecule has 0 fully saturated rings. The van der Waals surface area contributed by atoms with E-state index in [1.165, 1.54) is 26.1 Å². The van der Waals surface area contributed by atoms with Crippen LogP contribution in [0.3, 0.4) is 0 Å². The summed E-state index contributed by atoms with van der Waals surface area (Å²) < 4.78 is 4.80. The zero-order valence-corrected chi connectivity index (χ0v) is 10.8. The molecule has 1 unspecified atom stereocenters. The highest BCUT2D eigenvalue weighted by molar-refractivity contribution is 5.87. The number of aryl methyl sites for hydroxylation is 1. The molecule has 0 radical (unpaired) electrons. The van der Waals surface area contributed by atoms with Crippen molar-refractivity contribution < 1.29 is 14.5 Å². The van der Waals surface area contributed by atoms with Crippen LogP contribution in [0.15, 0.2) is 12.3 Å². The second-order valence-electron chi connectivity index (χ2n) is 4.04. The van der Waals surface area contributed by atoms with E-state index in [0.717, 1.165) is 0 Å². The quantitative estimate of drug-likeness (QED) is 0.464. The summed E-state index contributed by atoms with van der Waals surface area (Å²) in [4.78, 5) is 26.2. The van der Waals surface area contributed by atoms with Gasteiger partial charge >= 0.3 is 5.97 Å². The smallest absolute Gasteiger partial charge is 0.332 e. The molecule has 7 nitrogen and oxygen atoms in total. The Morgan fingerprint density at radius 2 is 2.32 bits per heavy atom. The zero-order valence-electron chi connectivity index (χ0n) is 10.8. The van der Waals surface area contributed by atoms with Gasteiger partial charge in [0, 0.05) is 11.8 Å². The molecule has 100 valence electrons. The van der Waals surface area contributed by atoms with Crippen LogP contribution in [0.1, 0.15) is 25.1 Å². The second-order valence-corrected chi connectivity index (χ2v) is 4.04. The number of ether oxygens (including phenoxy) is 1. The van der Waals surface area contributed by atoms with Gasteiger partial charge in [0.25, 0.3) is 5.69 Å². The molecule has 1 aromatic rings. The number of nitrogens with zero attached hydrogens (tertiary/aromatic N) is 3. The summed E-state index contributed by atoms with van der Waals surface area (Å²) in [5, 5.41) is 20.3. The summed E-state index contributed by atoms with van der Waals surface area (Å²) in [6.45, 7) is 4.45. The monoisotopic (exact) mass is 263 g/mol. The molecule has 0 saturated carbocycles. The lowest BCUT2D eigenvalue weighted by Gasteiger charge is -2.19. The number of aromatic nitrogens is 1. The Labute approximate surface area is 110 Å². The highest BCUT2D eigenvalue weighted by Crippen LogP contribution is 2.32. The molecular weight excluding hydrogens is 250 g/mol. The third-order valence-electron chi connectivity index (χ3n) is 2.69. The standard InChI is InChI=1S/C12H13N3O4/c1-4-19-11(16)12(3,7-13)10-9(15(17)18)8(2)5-6-14-10/h5-6H,4H2,1-3H3. The Bertz CT molecular complexity index is 565. The summed E-state index contributed by atoms with van der Waals surface area (Å²) in [6, 6.07) is 3.21. The van der Waals surface area contributed by atoms with Crippen LogP contribution in [-0.2, 0) is 14.9 Å². The van der Waals surface area contributed by atoms with E-state index >= 15 is 0 Å². The van der Waals surface area contributed by atoms with Crippen LogP contribution >= 0.6 is 0 Å². The predicted molar refractivity (Wildman–Crippen MR) is 65.2 cm³/mol. The Hall–Kier alpha value is -2.49. The average Bonchev–Trinajstić information content (AvgIpc) is 2.37. The summed E-state index contributed by atoms with van der Waals surface area (Å²) in [7, 11) is 0. The van der Waals surface area contributed by atoms with E-state index in [-0.39, 0.29) is 18.0 Å². The lowest BCUT2D eigenvalue weighted by molar-refractivity contribution is -0.386. The van der Waals surface area contributed by atoms with Gasteiger partial charge < -0.3 is 4.74 Å². The molecule has 1 rings (SSSR count). The largest absolute Gasteiger partial charge is 0.465 e. The van der Waals surface area contributed by atoms with Crippen molar-refractivity contribution in [3.63, 3.8) is 0 Å². The molecule has 0 saturated heterocycles. The lowest BCUT2D eigenvalue weighted by Crippen LogP contribution is -2.34. The molecule has 0 aliphatic heterocycles. The Morgan fingerprint density at radius 3 is 2.79 bits per heavy atom. The van der Waals surface area contributed by atoms with Crippen LogP contribution in [0.4, 0.5) is 5.69 Å². The van der Waals surface area contributed by atoms with E-state index in [1.54, 1.807) is 13.0 Å². The molecule has 1 heterocycles. The van der Waals surface area contributed by atoms with Gasteiger partial charge in [0.15, 0.2) is 5.41 Å². The Balaban J connectivity index is 3.51. The minimum absolute atomic E-state index is 0.0791. The molecule has 0 spiro atoms. The van der Waals surface area contributed by atoms with Crippen LogP contribution < -0.4 is 0 Å². The molecule has 0 amide bonds. The highest BCUT2D eigenvalue weighted by atomic mass is 16.6. The molecule has 0 aliphatic rings. The Kier molecular flexibility index (Phi) is 4.17. The lowest BCUT2D eigenvalue weighted by atomic mass is 9.86. The second kappa shape index (κ2) is 5.44. The number of hydrogen-bond acceptors (Lipinski definition) is 6. The first kappa shape index (κ1) is 14.6. The molecule has 0 N–H and O–H groups in total. The number of esters is 1. The van der Waals surface area contributed by atoms with Gasteiger partial charge in [0.1, 0.15) is 5.69 Å². The molecule has 1 aromatic heterocycles. The van der Waals surface area contributed by atoms with E-state index in [9.17, 15) is 20.2 Å². The van der Waals surface area contributed by atoms with Crippen LogP contribution in [0, 0.1) is 28.4 Å². The zero-order chi connectivity index (χ0) is 14.6. The molecule has 0 aliphatic carbocycles. The number of pyridine rings is 1. The van der Waals surface area contributed by atoms with Crippen LogP contribution in [0.5, 0.6) is 0 Å². The topological polar surface area (TPSA) is 106 Å². The van der Waals surface area contributed by atoms with Gasteiger partial charge in [0.05, 0.1) is 17.6 Å². The van der Waals surface area contributed by atoms with Crippen molar-refractivity contribution in [2.75, 3.05) is 6.61 Å². The van der Waals surface area contributed by atoms with E-state index in [0.29, 0.717) is 5.56 Å². The van der Waals surface area contributed by atoms with Crippen molar-refractivity contribution in [2.24, 2.45) is 0 Å². The third kappa shape index (κ3) is 2.52. The van der Waals surface area contributed by atoms with Crippen molar-refractivity contribution in [1.29, 1.82) is 5.26 Å². The minimum atomic E-state index is -1.80. The first-order valence-electron chi connectivity index (χ1n) is 5.57. The predicted octanol–water partition coefficient (Wildman–Crippen LogP) is 1.64. The molecule has 1 atom stereocenters. The van der Waals surface area contributed by atoms with E-state index in [4.69, 9.17) is 4.74 Å². The maximum absolute atomic E-state index is 11.9. The summed E-state index contributed by atoms with van der Waals surface area (Å²) in [5.74, 6) is -0.848. The normalized spacial score (nSPS) is 13.2. The van der Waals surface area contributed by atoms with E-state index in [1.807, 2.05) is 0 Å². The first-order chi connectivity index (χ1) is 8.88. The number of carbonyl (C=O) groups excluding carboxylic acids is 1. The van der Waals surface area contributed by atoms with E-state index < -0.39 is 16.3 Å². The Morgan fingerprint density at radius 1 is 1.68 bits per heavy atom. The maximum Gasteiger partial charge on any atom is 0.332 e. The van der Waals surface area contributed by atoms with Gasteiger partial charge in [-0.15, -0.1) is 0 Å². The van der Waals surface area contributed by atoms with Crippen LogP contribution in [0.2, 0.25) is 0 Å². The summed E-state index contributed by atoms with van der Waals surface area (Å²) >= 11 is 0. The van der Waals surface area contributed by atoms with Crippen LogP contribution in [-0.4, -0.2) is 22.5 Å². The highest BCUT2D eigenvalue weighted by Gasteiger charge is 2.44. The molecule has 7 heteroatoms. The van der Waals surface area contributed by atoms with Crippen molar-refractivity contribution in [3.05, 3.63) is 33.6 Å². The number of nitriles is 1. The molecule has 0 bridgehead atoms. The van der Waals surface area contributed by atoms with Gasteiger partial charge in [-0.1, -0.05) is 0 Å². The number of nitro groups is 1. The molecular formula is C12H13N3O4. The average molecular weight is 263 g/mol. The SMILES string of the molecule is CCOC(=O)C(C)(C#N)c1nccc(C)c1[N+](=O)[O-]. The molecule has 0 aromatic carbocycles. The van der Waals surface area contributed by atoms with Crippen LogP contribution in [0.25, 0.3) is 0 Å². The van der Waals surface area contributed by atoms with Crippen molar-refractivity contribution in [1.82, 2.24) is 4.98 Å². The fourth-order valence-corrected chi connectivity index (χ4v) is 1.62. The van der Waals surface area contributed by atoms with Crippen molar-refractivity contribution in [3.8, 4) is 6.07 Å². The van der Waals surface area contributed by atoms with Gasteiger partial charge in [-0.25, -0.2) is 4.79 Å². The third-order valence-corrected chi connectivity index (χ3v) is 2.69. The molecule has 19 heavy (non-hydrogen) atoms. The number of carbonyl (C=O) groups is 1. The van der Waals surface area contributed by atoms with Gasteiger partial charge in [-0.05, 0) is 26.8 Å². The van der Waals surface area contributed by atoms with Crippen molar-refractivity contribution >= 4 is 11.7 Å². The van der Waals surface area contributed by atoms with Gasteiger partial charge in [-0.3, -0.25) is 15.1 Å².